The second-order valence-electron chi connectivity index (χ2n) is 15.2. The molecule has 0 saturated heterocycles. The SMILES string of the molecule is c1ccc2cc3c(cc2c1)-c1cccc2cccc(c12)N3c1ccc(-c2nc(-c3ccc4oc5ccccc5c4c3)nc(-c3ccc4sc5ccccc5c4c3)n2)cc1. The lowest BCUT2D eigenvalue weighted by Crippen LogP contribution is -2.15. The molecule has 0 aliphatic carbocycles. The minimum Gasteiger partial charge on any atom is -0.456 e. The van der Waals surface area contributed by atoms with Gasteiger partial charge in [0.2, 0.25) is 0 Å². The highest BCUT2D eigenvalue weighted by molar-refractivity contribution is 7.25. The summed E-state index contributed by atoms with van der Waals surface area (Å²) in [6.45, 7) is 0. The van der Waals surface area contributed by atoms with Crippen molar-refractivity contribution in [1.29, 1.82) is 0 Å². The minimum atomic E-state index is 0.608. The molecule has 3 aromatic heterocycles. The number of fused-ring (bicyclic) bond motifs is 9. The van der Waals surface area contributed by atoms with Gasteiger partial charge < -0.3 is 9.32 Å². The lowest BCUT2D eigenvalue weighted by molar-refractivity contribution is 0.669. The Bertz CT molecular complexity index is 3560. The Hall–Kier alpha value is -7.67. The molecule has 0 saturated carbocycles. The molecule has 13 rings (SSSR count). The zero-order valence-corrected chi connectivity index (χ0v) is 32.2. The Kier molecular flexibility index (Phi) is 6.82. The van der Waals surface area contributed by atoms with Gasteiger partial charge in [-0.15, -0.1) is 11.3 Å². The van der Waals surface area contributed by atoms with Crippen molar-refractivity contribution < 1.29 is 4.42 Å². The van der Waals surface area contributed by atoms with Crippen LogP contribution in [0.15, 0.2) is 186 Å². The zero-order valence-electron chi connectivity index (χ0n) is 31.4. The zero-order chi connectivity index (χ0) is 38.6. The van der Waals surface area contributed by atoms with Crippen LogP contribution in [0.3, 0.4) is 0 Å². The van der Waals surface area contributed by atoms with E-state index in [4.69, 9.17) is 19.4 Å². The van der Waals surface area contributed by atoms with Crippen LogP contribution in [0.4, 0.5) is 17.1 Å². The van der Waals surface area contributed by atoms with E-state index in [1.54, 1.807) is 11.3 Å². The third-order valence-electron chi connectivity index (χ3n) is 11.8. The lowest BCUT2D eigenvalue weighted by atomic mass is 9.89. The van der Waals surface area contributed by atoms with Crippen molar-refractivity contribution >= 4 is 92.1 Å². The van der Waals surface area contributed by atoms with Gasteiger partial charge in [0.25, 0.3) is 0 Å². The normalized spacial score (nSPS) is 12.4. The second-order valence-corrected chi connectivity index (χ2v) is 16.3. The van der Waals surface area contributed by atoms with Crippen LogP contribution in [0.25, 0.3) is 109 Å². The van der Waals surface area contributed by atoms with Crippen LogP contribution < -0.4 is 4.90 Å². The fourth-order valence-corrected chi connectivity index (χ4v) is 10.1. The first-order valence-electron chi connectivity index (χ1n) is 19.8. The Labute approximate surface area is 342 Å². The molecule has 0 amide bonds. The molecule has 0 spiro atoms. The van der Waals surface area contributed by atoms with Gasteiger partial charge in [-0.1, -0.05) is 91.0 Å². The molecule has 0 fully saturated rings. The first kappa shape index (κ1) is 32.4. The Balaban J connectivity index is 0.981. The minimum absolute atomic E-state index is 0.608. The molecule has 0 radical (unpaired) electrons. The van der Waals surface area contributed by atoms with Gasteiger partial charge in [0.1, 0.15) is 11.2 Å². The summed E-state index contributed by atoms with van der Waals surface area (Å²) in [7, 11) is 0. The molecule has 1 aliphatic rings. The molecule has 0 N–H and O–H groups in total. The van der Waals surface area contributed by atoms with Gasteiger partial charge in [0.05, 0.1) is 11.4 Å². The van der Waals surface area contributed by atoms with E-state index in [-0.39, 0.29) is 0 Å². The van der Waals surface area contributed by atoms with E-state index in [0.29, 0.717) is 17.5 Å². The molecular weight excluding hydrogens is 741 g/mol. The Morgan fingerprint density at radius 2 is 1.00 bits per heavy atom. The van der Waals surface area contributed by atoms with Crippen LogP contribution in [-0.2, 0) is 0 Å². The Morgan fingerprint density at radius 1 is 0.390 bits per heavy atom. The molecule has 0 unspecified atom stereocenters. The van der Waals surface area contributed by atoms with Crippen molar-refractivity contribution in [3.8, 4) is 45.3 Å². The number of benzene rings is 9. The number of thiophene rings is 1. The molecule has 1 aliphatic heterocycles. The highest BCUT2D eigenvalue weighted by Crippen LogP contribution is 2.52. The van der Waals surface area contributed by atoms with E-state index in [0.717, 1.165) is 55.7 Å². The summed E-state index contributed by atoms with van der Waals surface area (Å²) < 4.78 is 8.69. The molecule has 0 bridgehead atoms. The van der Waals surface area contributed by atoms with Gasteiger partial charge in [-0.2, -0.15) is 0 Å². The highest BCUT2D eigenvalue weighted by Gasteiger charge is 2.27. The van der Waals surface area contributed by atoms with Crippen molar-refractivity contribution in [3.63, 3.8) is 0 Å². The van der Waals surface area contributed by atoms with Crippen LogP contribution in [0.2, 0.25) is 0 Å². The van der Waals surface area contributed by atoms with Gasteiger partial charge >= 0.3 is 0 Å². The maximum Gasteiger partial charge on any atom is 0.164 e. The number of nitrogens with zero attached hydrogens (tertiary/aromatic N) is 4. The average Bonchev–Trinajstić information content (AvgIpc) is 3.86. The van der Waals surface area contributed by atoms with Crippen LogP contribution in [-0.4, -0.2) is 15.0 Å². The van der Waals surface area contributed by atoms with Gasteiger partial charge in [-0.05, 0) is 113 Å². The molecule has 59 heavy (non-hydrogen) atoms. The summed E-state index contributed by atoms with van der Waals surface area (Å²) in [5, 5.41) is 9.45. The number of para-hydroxylation sites is 1. The molecule has 4 heterocycles. The highest BCUT2D eigenvalue weighted by atomic mass is 32.1. The molecular formula is C53H30N4OS. The van der Waals surface area contributed by atoms with Crippen LogP contribution in [0.5, 0.6) is 0 Å². The number of anilines is 3. The van der Waals surface area contributed by atoms with Crippen molar-refractivity contribution in [2.24, 2.45) is 0 Å². The lowest BCUT2D eigenvalue weighted by Gasteiger charge is -2.34. The van der Waals surface area contributed by atoms with Crippen molar-refractivity contribution in [2.45, 2.75) is 0 Å². The van der Waals surface area contributed by atoms with Crippen LogP contribution >= 0.6 is 11.3 Å². The number of rotatable bonds is 4. The maximum atomic E-state index is 6.18. The largest absolute Gasteiger partial charge is 0.456 e. The number of furan rings is 1. The predicted molar refractivity (Wildman–Crippen MR) is 245 cm³/mol. The van der Waals surface area contributed by atoms with E-state index < -0.39 is 0 Å². The summed E-state index contributed by atoms with van der Waals surface area (Å²) in [6, 6.07) is 64.6. The topological polar surface area (TPSA) is 55.1 Å². The predicted octanol–water partition coefficient (Wildman–Crippen LogP) is 14.9. The fourth-order valence-electron chi connectivity index (χ4n) is 9.02. The Morgan fingerprint density at radius 3 is 1.83 bits per heavy atom. The third kappa shape index (κ3) is 5.00. The van der Waals surface area contributed by atoms with E-state index in [1.807, 2.05) is 30.3 Å². The number of hydrogen-bond acceptors (Lipinski definition) is 6. The van der Waals surface area contributed by atoms with Crippen LogP contribution in [0.1, 0.15) is 0 Å². The standard InChI is InChI=1S/C53H30N4OS/c1-2-10-34-30-45-41(27-33(34)9-1)40-15-7-11-31-12-8-16-44(50(31)40)57(45)37-23-19-32(20-24-37)51-54-52(35-21-25-47-42(28-35)38-13-3-5-17-46(38)58-47)56-53(55-51)36-22-26-49-43(29-36)39-14-4-6-18-48(39)59-49/h1-30H. The number of hydrogen-bond donors (Lipinski definition) is 0. The average molecular weight is 771 g/mol. The number of aromatic nitrogens is 3. The molecule has 5 nitrogen and oxygen atoms in total. The first-order valence-corrected chi connectivity index (χ1v) is 20.6. The van der Waals surface area contributed by atoms with Crippen molar-refractivity contribution in [1.82, 2.24) is 15.0 Å². The summed E-state index contributed by atoms with van der Waals surface area (Å²) >= 11 is 1.81. The van der Waals surface area contributed by atoms with E-state index in [1.165, 1.54) is 52.8 Å². The van der Waals surface area contributed by atoms with Crippen molar-refractivity contribution in [2.75, 3.05) is 4.90 Å². The summed E-state index contributed by atoms with van der Waals surface area (Å²) in [6.07, 6.45) is 0. The smallest absolute Gasteiger partial charge is 0.164 e. The first-order chi connectivity index (χ1) is 29.2. The van der Waals surface area contributed by atoms with E-state index in [9.17, 15) is 0 Å². The van der Waals surface area contributed by atoms with E-state index in [2.05, 4.69) is 157 Å². The summed E-state index contributed by atoms with van der Waals surface area (Å²) in [4.78, 5) is 17.9. The molecule has 6 heteroatoms. The quantitative estimate of drug-likeness (QED) is 0.178. The molecule has 0 atom stereocenters. The summed E-state index contributed by atoms with van der Waals surface area (Å²) in [5.41, 5.74) is 10.3. The van der Waals surface area contributed by atoms with E-state index >= 15 is 0 Å². The van der Waals surface area contributed by atoms with Gasteiger partial charge in [-0.25, -0.2) is 15.0 Å². The summed E-state index contributed by atoms with van der Waals surface area (Å²) in [5.74, 6) is 1.85. The maximum absolute atomic E-state index is 6.18. The van der Waals surface area contributed by atoms with Crippen molar-refractivity contribution in [3.05, 3.63) is 182 Å². The second kappa shape index (κ2) is 12.4. The fraction of sp³-hybridized carbons (Fsp3) is 0. The molecule has 9 aromatic carbocycles. The third-order valence-corrected chi connectivity index (χ3v) is 13.0. The van der Waals surface area contributed by atoms with Gasteiger partial charge in [0, 0.05) is 64.3 Å². The molecule has 12 aromatic rings. The van der Waals surface area contributed by atoms with Gasteiger partial charge in [-0.3, -0.25) is 0 Å². The van der Waals surface area contributed by atoms with Gasteiger partial charge in [0.15, 0.2) is 17.5 Å². The molecule has 274 valence electrons. The van der Waals surface area contributed by atoms with Crippen LogP contribution in [0, 0.1) is 0 Å². The monoisotopic (exact) mass is 770 g/mol.